The van der Waals surface area contributed by atoms with E-state index in [0.29, 0.717) is 0 Å². The molecule has 0 amide bonds. The van der Waals surface area contributed by atoms with Crippen LogP contribution in [0.2, 0.25) is 0 Å². The largest absolute Gasteiger partial charge is 0.0836 e. The van der Waals surface area contributed by atoms with E-state index in [1.165, 1.54) is 11.1 Å². The number of hydrogen-bond acceptors (Lipinski definition) is 0. The molecule has 0 unspecified atom stereocenters. The summed E-state index contributed by atoms with van der Waals surface area (Å²) < 4.78 is 0. The molecule has 1 aromatic rings. The first-order valence-corrected chi connectivity index (χ1v) is 5.52. The molecule has 1 aliphatic carbocycles. The van der Waals surface area contributed by atoms with E-state index >= 15 is 0 Å². The second-order valence-electron chi connectivity index (χ2n) is 3.77. The smallest absolute Gasteiger partial charge is 0.0157 e. The molecule has 0 aromatic heterocycles. The summed E-state index contributed by atoms with van der Waals surface area (Å²) in [7, 11) is 0. The van der Waals surface area contributed by atoms with Gasteiger partial charge >= 0.3 is 0 Å². The summed E-state index contributed by atoms with van der Waals surface area (Å²) in [6.45, 7) is 0. The first kappa shape index (κ1) is 9.97. The van der Waals surface area contributed by atoms with E-state index in [-0.39, 0.29) is 0 Å². The Morgan fingerprint density at radius 3 is 2.73 bits per heavy atom. The Hall–Kier alpha value is -1.56. The van der Waals surface area contributed by atoms with Crippen molar-refractivity contribution in [3.05, 3.63) is 71.8 Å². The minimum atomic E-state index is 1.10. The Balaban J connectivity index is 1.77. The third-order valence-electron chi connectivity index (χ3n) is 2.55. The minimum Gasteiger partial charge on any atom is -0.0836 e. The summed E-state index contributed by atoms with van der Waals surface area (Å²) >= 11 is 0. The molecular weight excluding hydrogens is 180 g/mol. The van der Waals surface area contributed by atoms with Gasteiger partial charge in [-0.1, -0.05) is 60.7 Å². The third-order valence-corrected chi connectivity index (χ3v) is 2.55. The molecule has 0 spiro atoms. The highest BCUT2D eigenvalue weighted by Crippen LogP contribution is 2.10. The van der Waals surface area contributed by atoms with Crippen LogP contribution in [0, 0.1) is 0 Å². The Morgan fingerprint density at radius 2 is 2.00 bits per heavy atom. The van der Waals surface area contributed by atoms with Crippen molar-refractivity contribution in [1.29, 1.82) is 0 Å². The maximum atomic E-state index is 2.26. The van der Waals surface area contributed by atoms with E-state index in [9.17, 15) is 0 Å². The molecule has 15 heavy (non-hydrogen) atoms. The molecule has 0 nitrogen and oxygen atoms in total. The number of allylic oxidation sites excluding steroid dienone is 6. The SMILES string of the molecule is C1=CC(C=CCCc2ccccc2)=CC1. The molecule has 0 aliphatic heterocycles. The maximum absolute atomic E-state index is 2.26. The highest BCUT2D eigenvalue weighted by atomic mass is 14.0. The summed E-state index contributed by atoms with van der Waals surface area (Å²) in [6, 6.07) is 10.6. The van der Waals surface area contributed by atoms with Crippen molar-refractivity contribution in [2.75, 3.05) is 0 Å². The fourth-order valence-electron chi connectivity index (χ4n) is 1.71. The standard InChI is InChI=1S/C15H16/c1-2-8-14(9-3-1)10-4-5-11-15-12-6-7-13-15/h1-3,5-6,8-9,11-13H,4,7,10H2. The van der Waals surface area contributed by atoms with Crippen molar-refractivity contribution in [2.24, 2.45) is 0 Å². The quantitative estimate of drug-likeness (QED) is 0.681. The molecule has 0 bridgehead atoms. The van der Waals surface area contributed by atoms with Crippen LogP contribution in [0.1, 0.15) is 18.4 Å². The normalized spacial score (nSPS) is 14.8. The van der Waals surface area contributed by atoms with Gasteiger partial charge in [-0.2, -0.15) is 0 Å². The van der Waals surface area contributed by atoms with Crippen LogP contribution in [-0.4, -0.2) is 0 Å². The molecule has 0 saturated carbocycles. The third kappa shape index (κ3) is 3.25. The summed E-state index contributed by atoms with van der Waals surface area (Å²) in [5.74, 6) is 0. The zero-order chi connectivity index (χ0) is 10.3. The zero-order valence-electron chi connectivity index (χ0n) is 8.89. The molecular formula is C15H16. The van der Waals surface area contributed by atoms with Crippen molar-refractivity contribution in [3.8, 4) is 0 Å². The first-order chi connectivity index (χ1) is 7.45. The highest BCUT2D eigenvalue weighted by molar-refractivity contribution is 5.35. The monoisotopic (exact) mass is 196 g/mol. The Kier molecular flexibility index (Phi) is 3.56. The Bertz CT molecular complexity index is 380. The van der Waals surface area contributed by atoms with Gasteiger partial charge in [0.15, 0.2) is 0 Å². The minimum absolute atomic E-state index is 1.10. The lowest BCUT2D eigenvalue weighted by atomic mass is 10.1. The summed E-state index contributed by atoms with van der Waals surface area (Å²) in [5, 5.41) is 0. The molecule has 1 aliphatic rings. The lowest BCUT2D eigenvalue weighted by molar-refractivity contribution is 1.00. The van der Waals surface area contributed by atoms with Crippen molar-refractivity contribution >= 4 is 0 Å². The number of aryl methyl sites for hydroxylation is 1. The van der Waals surface area contributed by atoms with Crippen LogP contribution < -0.4 is 0 Å². The average molecular weight is 196 g/mol. The highest BCUT2D eigenvalue weighted by Gasteiger charge is 1.92. The van der Waals surface area contributed by atoms with Crippen LogP contribution in [0.3, 0.4) is 0 Å². The summed E-state index contributed by atoms with van der Waals surface area (Å²) in [6.07, 6.45) is 14.4. The van der Waals surface area contributed by atoms with E-state index in [4.69, 9.17) is 0 Å². The first-order valence-electron chi connectivity index (χ1n) is 5.52. The van der Waals surface area contributed by atoms with Crippen molar-refractivity contribution in [3.63, 3.8) is 0 Å². The summed E-state index contributed by atoms with van der Waals surface area (Å²) in [5.41, 5.74) is 2.76. The van der Waals surface area contributed by atoms with Crippen LogP contribution in [0.5, 0.6) is 0 Å². The van der Waals surface area contributed by atoms with E-state index < -0.39 is 0 Å². The topological polar surface area (TPSA) is 0 Å². The van der Waals surface area contributed by atoms with Crippen LogP contribution in [0.15, 0.2) is 66.3 Å². The molecule has 0 radical (unpaired) electrons. The van der Waals surface area contributed by atoms with Crippen molar-refractivity contribution < 1.29 is 0 Å². The van der Waals surface area contributed by atoms with Crippen LogP contribution >= 0.6 is 0 Å². The van der Waals surface area contributed by atoms with E-state index in [1.54, 1.807) is 0 Å². The molecule has 0 N–H and O–H groups in total. The molecule has 1 aromatic carbocycles. The Morgan fingerprint density at radius 1 is 1.13 bits per heavy atom. The van der Waals surface area contributed by atoms with Gasteiger partial charge in [-0.05, 0) is 30.4 Å². The van der Waals surface area contributed by atoms with Gasteiger partial charge in [-0.15, -0.1) is 0 Å². The average Bonchev–Trinajstić information content (AvgIpc) is 2.79. The van der Waals surface area contributed by atoms with Gasteiger partial charge in [0.25, 0.3) is 0 Å². The lowest BCUT2D eigenvalue weighted by Crippen LogP contribution is -1.81. The molecule has 0 saturated heterocycles. The van der Waals surface area contributed by atoms with E-state index in [2.05, 4.69) is 60.7 Å². The van der Waals surface area contributed by atoms with Crippen molar-refractivity contribution in [2.45, 2.75) is 19.3 Å². The second kappa shape index (κ2) is 5.35. The maximum Gasteiger partial charge on any atom is -0.0157 e. The van der Waals surface area contributed by atoms with Gasteiger partial charge in [0.05, 0.1) is 0 Å². The lowest BCUT2D eigenvalue weighted by Gasteiger charge is -1.96. The number of benzene rings is 1. The second-order valence-corrected chi connectivity index (χ2v) is 3.77. The molecule has 2 rings (SSSR count). The van der Waals surface area contributed by atoms with Gasteiger partial charge < -0.3 is 0 Å². The van der Waals surface area contributed by atoms with Gasteiger partial charge in [0, 0.05) is 0 Å². The number of hydrogen-bond donors (Lipinski definition) is 0. The van der Waals surface area contributed by atoms with Gasteiger partial charge in [0.2, 0.25) is 0 Å². The van der Waals surface area contributed by atoms with Crippen LogP contribution in [0.4, 0.5) is 0 Å². The van der Waals surface area contributed by atoms with Crippen LogP contribution in [-0.2, 0) is 6.42 Å². The van der Waals surface area contributed by atoms with Gasteiger partial charge in [-0.25, -0.2) is 0 Å². The van der Waals surface area contributed by atoms with E-state index in [1.807, 2.05) is 0 Å². The fraction of sp³-hybridized carbons (Fsp3) is 0.200. The van der Waals surface area contributed by atoms with E-state index in [0.717, 1.165) is 19.3 Å². The molecule has 0 heteroatoms. The summed E-state index contributed by atoms with van der Waals surface area (Å²) in [4.78, 5) is 0. The van der Waals surface area contributed by atoms with Crippen LogP contribution in [0.25, 0.3) is 0 Å². The van der Waals surface area contributed by atoms with Gasteiger partial charge in [-0.3, -0.25) is 0 Å². The molecule has 0 heterocycles. The molecule has 76 valence electrons. The molecule has 0 atom stereocenters. The Labute approximate surface area is 91.6 Å². The van der Waals surface area contributed by atoms with Gasteiger partial charge in [0.1, 0.15) is 0 Å². The van der Waals surface area contributed by atoms with Crippen molar-refractivity contribution in [1.82, 2.24) is 0 Å². The fourth-order valence-corrected chi connectivity index (χ4v) is 1.71. The predicted octanol–water partition coefficient (Wildman–Crippen LogP) is 4.06. The number of rotatable bonds is 4. The molecule has 0 fully saturated rings. The predicted molar refractivity (Wildman–Crippen MR) is 65.7 cm³/mol. The zero-order valence-corrected chi connectivity index (χ0v) is 8.89.